The van der Waals surface area contributed by atoms with Gasteiger partial charge in [0.25, 0.3) is 0 Å². The van der Waals surface area contributed by atoms with Crippen LogP contribution in [0.15, 0.2) is 42.5 Å². The molecule has 3 nitrogen and oxygen atoms in total. The number of benzene rings is 2. The summed E-state index contributed by atoms with van der Waals surface area (Å²) in [4.78, 5) is 11.4. The van der Waals surface area contributed by atoms with E-state index < -0.39 is 12.1 Å². The van der Waals surface area contributed by atoms with E-state index in [1.807, 2.05) is 50.2 Å². The van der Waals surface area contributed by atoms with Gasteiger partial charge in [-0.05, 0) is 48.7 Å². The Bertz CT molecular complexity index is 632. The lowest BCUT2D eigenvalue weighted by Crippen LogP contribution is -2.29. The molecular formula is C17H17ClO3. The molecule has 21 heavy (non-hydrogen) atoms. The summed E-state index contributed by atoms with van der Waals surface area (Å²) in [5, 5.41) is 9.91. The molecule has 0 aromatic heterocycles. The molecule has 0 unspecified atom stereocenters. The SMILES string of the molecule is Cc1cc(C)cc(O[C@H](Cc2ccccc2Cl)C(=O)O)c1. The van der Waals surface area contributed by atoms with Crippen molar-refractivity contribution in [2.75, 3.05) is 0 Å². The molecule has 4 heteroatoms. The van der Waals surface area contributed by atoms with Crippen molar-refractivity contribution in [3.05, 3.63) is 64.2 Å². The molecule has 2 aromatic carbocycles. The number of carboxylic acids is 1. The van der Waals surface area contributed by atoms with Crippen molar-refractivity contribution >= 4 is 17.6 Å². The molecule has 0 aliphatic rings. The Balaban J connectivity index is 2.20. The lowest BCUT2D eigenvalue weighted by atomic mass is 10.1. The monoisotopic (exact) mass is 304 g/mol. The molecule has 0 spiro atoms. The van der Waals surface area contributed by atoms with Gasteiger partial charge < -0.3 is 9.84 Å². The molecule has 2 rings (SSSR count). The van der Waals surface area contributed by atoms with Crippen LogP contribution in [0.4, 0.5) is 0 Å². The first kappa shape index (κ1) is 15.4. The average Bonchev–Trinajstić information content (AvgIpc) is 2.39. The molecule has 0 heterocycles. The Morgan fingerprint density at radius 1 is 1.19 bits per heavy atom. The number of hydrogen-bond donors (Lipinski definition) is 1. The van der Waals surface area contributed by atoms with Gasteiger partial charge in [0.2, 0.25) is 0 Å². The molecule has 1 N–H and O–H groups in total. The van der Waals surface area contributed by atoms with Gasteiger partial charge in [0.15, 0.2) is 6.10 Å². The van der Waals surface area contributed by atoms with Crippen LogP contribution in [-0.4, -0.2) is 17.2 Å². The summed E-state index contributed by atoms with van der Waals surface area (Å²) in [6.45, 7) is 3.90. The molecule has 0 bridgehead atoms. The third-order valence-corrected chi connectivity index (χ3v) is 3.48. The Morgan fingerprint density at radius 2 is 1.81 bits per heavy atom. The molecule has 0 amide bonds. The summed E-state index contributed by atoms with van der Waals surface area (Å²) in [5.74, 6) is -0.443. The number of ether oxygens (including phenoxy) is 1. The van der Waals surface area contributed by atoms with Gasteiger partial charge in [0.1, 0.15) is 5.75 Å². The number of carboxylic acid groups (broad SMARTS) is 1. The normalized spacial score (nSPS) is 12.0. The van der Waals surface area contributed by atoms with Gasteiger partial charge in [-0.15, -0.1) is 0 Å². The van der Waals surface area contributed by atoms with Crippen molar-refractivity contribution in [1.29, 1.82) is 0 Å². The highest BCUT2D eigenvalue weighted by Crippen LogP contribution is 2.21. The second-order valence-corrected chi connectivity index (χ2v) is 5.47. The van der Waals surface area contributed by atoms with E-state index in [-0.39, 0.29) is 6.42 Å². The van der Waals surface area contributed by atoms with Crippen molar-refractivity contribution in [1.82, 2.24) is 0 Å². The van der Waals surface area contributed by atoms with Crippen LogP contribution in [0.2, 0.25) is 5.02 Å². The van der Waals surface area contributed by atoms with E-state index in [1.165, 1.54) is 0 Å². The Morgan fingerprint density at radius 3 is 2.38 bits per heavy atom. The molecule has 0 aliphatic heterocycles. The molecule has 0 saturated heterocycles. The summed E-state index contributed by atoms with van der Waals surface area (Å²) in [6, 6.07) is 12.9. The first-order chi connectivity index (χ1) is 9.95. The summed E-state index contributed by atoms with van der Waals surface area (Å²) >= 11 is 6.08. The second kappa shape index (κ2) is 6.64. The molecule has 0 fully saturated rings. The molecule has 2 aromatic rings. The minimum absolute atomic E-state index is 0.224. The predicted octanol–water partition coefficient (Wildman–Crippen LogP) is 4.03. The lowest BCUT2D eigenvalue weighted by molar-refractivity contribution is -0.145. The Kier molecular flexibility index (Phi) is 4.86. The molecule has 0 saturated carbocycles. The highest BCUT2D eigenvalue weighted by molar-refractivity contribution is 6.31. The van der Waals surface area contributed by atoms with Crippen molar-refractivity contribution in [3.63, 3.8) is 0 Å². The van der Waals surface area contributed by atoms with Gasteiger partial charge in [0.05, 0.1) is 0 Å². The predicted molar refractivity (Wildman–Crippen MR) is 83.1 cm³/mol. The standard InChI is InChI=1S/C17H17ClO3/c1-11-7-12(2)9-14(8-11)21-16(17(19)20)10-13-5-3-4-6-15(13)18/h3-9,16H,10H2,1-2H3,(H,19,20)/t16-/m1/s1. The first-order valence-electron chi connectivity index (χ1n) is 6.67. The quantitative estimate of drug-likeness (QED) is 0.907. The van der Waals surface area contributed by atoms with Gasteiger partial charge in [-0.2, -0.15) is 0 Å². The van der Waals surface area contributed by atoms with Crippen molar-refractivity contribution < 1.29 is 14.6 Å². The van der Waals surface area contributed by atoms with E-state index in [4.69, 9.17) is 16.3 Å². The highest BCUT2D eigenvalue weighted by atomic mass is 35.5. The van der Waals surface area contributed by atoms with E-state index in [9.17, 15) is 9.90 Å². The van der Waals surface area contributed by atoms with Crippen molar-refractivity contribution in [2.24, 2.45) is 0 Å². The van der Waals surface area contributed by atoms with E-state index in [1.54, 1.807) is 6.07 Å². The van der Waals surface area contributed by atoms with Crippen LogP contribution in [-0.2, 0) is 11.2 Å². The van der Waals surface area contributed by atoms with Crippen LogP contribution in [0.3, 0.4) is 0 Å². The highest BCUT2D eigenvalue weighted by Gasteiger charge is 2.21. The van der Waals surface area contributed by atoms with Crippen LogP contribution in [0.25, 0.3) is 0 Å². The number of carbonyl (C=O) groups is 1. The van der Waals surface area contributed by atoms with E-state index in [0.29, 0.717) is 10.8 Å². The zero-order valence-corrected chi connectivity index (χ0v) is 12.7. The van der Waals surface area contributed by atoms with Crippen LogP contribution in [0.5, 0.6) is 5.75 Å². The van der Waals surface area contributed by atoms with Gasteiger partial charge >= 0.3 is 5.97 Å². The van der Waals surface area contributed by atoms with Crippen LogP contribution < -0.4 is 4.74 Å². The minimum Gasteiger partial charge on any atom is -0.478 e. The maximum Gasteiger partial charge on any atom is 0.345 e. The number of aryl methyl sites for hydroxylation is 2. The van der Waals surface area contributed by atoms with E-state index in [2.05, 4.69) is 0 Å². The van der Waals surface area contributed by atoms with Crippen LogP contribution in [0, 0.1) is 13.8 Å². The van der Waals surface area contributed by atoms with Crippen LogP contribution >= 0.6 is 11.6 Å². The molecule has 1 atom stereocenters. The molecule has 0 radical (unpaired) electrons. The maximum absolute atomic E-state index is 11.4. The van der Waals surface area contributed by atoms with Gasteiger partial charge in [-0.1, -0.05) is 35.9 Å². The number of hydrogen-bond acceptors (Lipinski definition) is 2. The largest absolute Gasteiger partial charge is 0.478 e. The zero-order chi connectivity index (χ0) is 15.4. The van der Waals surface area contributed by atoms with Crippen molar-refractivity contribution in [3.8, 4) is 5.75 Å². The first-order valence-corrected chi connectivity index (χ1v) is 7.04. The molecule has 110 valence electrons. The van der Waals surface area contributed by atoms with Gasteiger partial charge in [-0.3, -0.25) is 0 Å². The van der Waals surface area contributed by atoms with Gasteiger partial charge in [0, 0.05) is 11.4 Å². The topological polar surface area (TPSA) is 46.5 Å². The fourth-order valence-corrected chi connectivity index (χ4v) is 2.42. The number of aliphatic carboxylic acids is 1. The van der Waals surface area contributed by atoms with Gasteiger partial charge in [-0.25, -0.2) is 4.79 Å². The molecule has 0 aliphatic carbocycles. The Labute approximate surface area is 129 Å². The summed E-state index contributed by atoms with van der Waals surface area (Å²) in [7, 11) is 0. The van der Waals surface area contributed by atoms with E-state index in [0.717, 1.165) is 16.7 Å². The fourth-order valence-electron chi connectivity index (χ4n) is 2.21. The number of rotatable bonds is 5. The smallest absolute Gasteiger partial charge is 0.345 e. The zero-order valence-electron chi connectivity index (χ0n) is 12.0. The summed E-state index contributed by atoms with van der Waals surface area (Å²) < 4.78 is 5.64. The van der Waals surface area contributed by atoms with E-state index >= 15 is 0 Å². The summed E-state index contributed by atoms with van der Waals surface area (Å²) in [6.07, 6.45) is -0.742. The fraction of sp³-hybridized carbons (Fsp3) is 0.235. The molecular weight excluding hydrogens is 288 g/mol. The third kappa shape index (κ3) is 4.23. The lowest BCUT2D eigenvalue weighted by Gasteiger charge is -2.16. The van der Waals surface area contributed by atoms with Crippen molar-refractivity contribution in [2.45, 2.75) is 26.4 Å². The minimum atomic E-state index is -1.01. The summed E-state index contributed by atoms with van der Waals surface area (Å²) in [5.41, 5.74) is 2.83. The average molecular weight is 305 g/mol. The third-order valence-electron chi connectivity index (χ3n) is 3.11. The Hall–Kier alpha value is -2.00. The maximum atomic E-state index is 11.4. The van der Waals surface area contributed by atoms with Crippen LogP contribution in [0.1, 0.15) is 16.7 Å². The number of halogens is 1. The second-order valence-electron chi connectivity index (χ2n) is 5.06.